The van der Waals surface area contributed by atoms with Crippen molar-refractivity contribution < 1.29 is 9.59 Å². The number of rotatable bonds is 2. The van der Waals surface area contributed by atoms with Crippen LogP contribution < -0.4 is 4.90 Å². The lowest BCUT2D eigenvalue weighted by Gasteiger charge is -2.30. The minimum absolute atomic E-state index is 0.266. The second-order valence-corrected chi connectivity index (χ2v) is 9.12. The van der Waals surface area contributed by atoms with Gasteiger partial charge in [-0.3, -0.25) is 9.59 Å². The molecule has 29 heavy (non-hydrogen) atoms. The molecule has 5 nitrogen and oxygen atoms in total. The number of carbonyl (C=O) groups is 2. The molecule has 9 heteroatoms. The van der Waals surface area contributed by atoms with Gasteiger partial charge in [0, 0.05) is 33.2 Å². The summed E-state index contributed by atoms with van der Waals surface area (Å²) in [7, 11) is 0. The third kappa shape index (κ3) is 2.99. The topological polar surface area (TPSA) is 43.9 Å². The van der Waals surface area contributed by atoms with Gasteiger partial charge in [0.15, 0.2) is 0 Å². The summed E-state index contributed by atoms with van der Waals surface area (Å²) in [4.78, 5) is 28.1. The highest BCUT2D eigenvalue weighted by atomic mass is 35.5. The lowest BCUT2D eigenvalue weighted by molar-refractivity contribution is -0.126. The monoisotopic (exact) mass is 469 g/mol. The van der Waals surface area contributed by atoms with E-state index in [0.29, 0.717) is 32.3 Å². The van der Waals surface area contributed by atoms with Crippen molar-refractivity contribution in [1.29, 1.82) is 0 Å². The average molecular weight is 471 g/mol. The van der Waals surface area contributed by atoms with Gasteiger partial charge in [0.05, 0.1) is 17.6 Å². The summed E-state index contributed by atoms with van der Waals surface area (Å²) in [6.07, 6.45) is 0.912. The standard InChI is InChI=1S/C20H15Cl4N3O2/c21-10-2-3-14(15(24)9-10)17-16-18(26-5-1-4-25(17)26)20(29)27(19(16)28)13-7-11(22)6-12(23)8-13/h2-3,6-9,16-18H,1,4-5H2/t16-,17-,18+/m0/s1. The van der Waals surface area contributed by atoms with E-state index in [0.717, 1.165) is 18.5 Å². The fraction of sp³-hybridized carbons (Fsp3) is 0.300. The summed E-state index contributed by atoms with van der Waals surface area (Å²) in [5.74, 6) is -1.11. The third-order valence-corrected chi connectivity index (χ3v) is 6.79. The van der Waals surface area contributed by atoms with Gasteiger partial charge in [-0.15, -0.1) is 0 Å². The van der Waals surface area contributed by atoms with Crippen molar-refractivity contribution in [2.45, 2.75) is 18.5 Å². The number of nitrogens with zero attached hydrogens (tertiary/aromatic N) is 3. The van der Waals surface area contributed by atoms with Crippen LogP contribution in [0.25, 0.3) is 0 Å². The van der Waals surface area contributed by atoms with Crippen molar-refractivity contribution in [2.24, 2.45) is 5.92 Å². The Kier molecular flexibility index (Phi) is 4.81. The molecule has 0 bridgehead atoms. The van der Waals surface area contributed by atoms with Gasteiger partial charge in [-0.2, -0.15) is 0 Å². The van der Waals surface area contributed by atoms with E-state index < -0.39 is 12.0 Å². The number of hydrazine groups is 1. The van der Waals surface area contributed by atoms with Gasteiger partial charge < -0.3 is 0 Å². The van der Waals surface area contributed by atoms with Crippen LogP contribution in [0.2, 0.25) is 20.1 Å². The highest BCUT2D eigenvalue weighted by Crippen LogP contribution is 2.50. The molecule has 0 spiro atoms. The van der Waals surface area contributed by atoms with Gasteiger partial charge in [0.1, 0.15) is 6.04 Å². The second-order valence-electron chi connectivity index (χ2n) is 7.40. The van der Waals surface area contributed by atoms with Crippen molar-refractivity contribution in [3.05, 3.63) is 62.1 Å². The molecule has 2 aromatic carbocycles. The molecular formula is C20H15Cl4N3O2. The first kappa shape index (κ1) is 19.6. The molecule has 2 aromatic rings. The van der Waals surface area contributed by atoms with Crippen molar-refractivity contribution in [3.8, 4) is 0 Å². The zero-order valence-corrected chi connectivity index (χ0v) is 18.0. The minimum Gasteiger partial charge on any atom is -0.274 e. The number of imide groups is 1. The van der Waals surface area contributed by atoms with Crippen LogP contribution in [-0.4, -0.2) is 41.0 Å². The Labute approximate surface area is 187 Å². The van der Waals surface area contributed by atoms with Crippen molar-refractivity contribution >= 4 is 63.9 Å². The molecule has 0 saturated carbocycles. The van der Waals surface area contributed by atoms with Crippen molar-refractivity contribution in [1.82, 2.24) is 10.0 Å². The van der Waals surface area contributed by atoms with E-state index in [1.54, 1.807) is 30.3 Å². The number of anilines is 1. The Morgan fingerprint density at radius 3 is 2.07 bits per heavy atom. The molecular weight excluding hydrogens is 456 g/mol. The van der Waals surface area contributed by atoms with E-state index in [9.17, 15) is 9.59 Å². The number of benzene rings is 2. The van der Waals surface area contributed by atoms with Crippen molar-refractivity contribution in [2.75, 3.05) is 18.0 Å². The molecule has 150 valence electrons. The molecule has 5 rings (SSSR count). The summed E-state index contributed by atoms with van der Waals surface area (Å²) < 4.78 is 0. The van der Waals surface area contributed by atoms with E-state index in [2.05, 4.69) is 5.01 Å². The van der Waals surface area contributed by atoms with Crippen LogP contribution >= 0.6 is 46.4 Å². The Morgan fingerprint density at radius 1 is 0.759 bits per heavy atom. The van der Waals surface area contributed by atoms with Crippen LogP contribution in [0.4, 0.5) is 5.69 Å². The van der Waals surface area contributed by atoms with Crippen LogP contribution in [0.3, 0.4) is 0 Å². The summed E-state index contributed by atoms with van der Waals surface area (Å²) in [6, 6.07) is 9.09. The van der Waals surface area contributed by atoms with Gasteiger partial charge in [0.2, 0.25) is 5.91 Å². The number of hydrogen-bond acceptors (Lipinski definition) is 4. The normalized spacial score (nSPS) is 27.0. The molecule has 0 aliphatic carbocycles. The number of carbonyl (C=O) groups excluding carboxylic acids is 2. The third-order valence-electron chi connectivity index (χ3n) is 5.79. The van der Waals surface area contributed by atoms with E-state index >= 15 is 0 Å². The van der Waals surface area contributed by atoms with Crippen LogP contribution in [0, 0.1) is 5.92 Å². The molecule has 0 unspecified atom stereocenters. The molecule has 0 aromatic heterocycles. The predicted molar refractivity (Wildman–Crippen MR) is 113 cm³/mol. The zero-order chi connectivity index (χ0) is 20.4. The summed E-state index contributed by atoms with van der Waals surface area (Å²) in [6.45, 7) is 1.48. The van der Waals surface area contributed by atoms with Crippen LogP contribution in [0.15, 0.2) is 36.4 Å². The molecule has 0 N–H and O–H groups in total. The maximum absolute atomic E-state index is 13.5. The van der Waals surface area contributed by atoms with Gasteiger partial charge >= 0.3 is 0 Å². The Bertz CT molecular complexity index is 1030. The quantitative estimate of drug-likeness (QED) is 0.589. The highest BCUT2D eigenvalue weighted by molar-refractivity contribution is 6.36. The summed E-state index contributed by atoms with van der Waals surface area (Å²) in [5.41, 5.74) is 1.18. The molecule has 3 aliphatic heterocycles. The maximum atomic E-state index is 13.5. The Morgan fingerprint density at radius 2 is 1.41 bits per heavy atom. The molecule has 3 saturated heterocycles. The van der Waals surface area contributed by atoms with Crippen LogP contribution in [0.5, 0.6) is 0 Å². The average Bonchev–Trinajstić information content (AvgIpc) is 3.27. The fourth-order valence-electron chi connectivity index (χ4n) is 4.75. The predicted octanol–water partition coefficient (Wildman–Crippen LogP) is 4.84. The molecule has 3 heterocycles. The van der Waals surface area contributed by atoms with Crippen LogP contribution in [0.1, 0.15) is 18.0 Å². The van der Waals surface area contributed by atoms with Gasteiger partial charge in [-0.05, 0) is 42.3 Å². The van der Waals surface area contributed by atoms with E-state index in [4.69, 9.17) is 46.4 Å². The number of fused-ring (bicyclic) bond motifs is 3. The minimum atomic E-state index is -0.570. The first-order valence-corrected chi connectivity index (χ1v) is 10.7. The number of halogens is 4. The molecule has 3 atom stereocenters. The summed E-state index contributed by atoms with van der Waals surface area (Å²) >= 11 is 24.8. The molecule has 2 amide bonds. The van der Waals surface area contributed by atoms with Crippen molar-refractivity contribution in [3.63, 3.8) is 0 Å². The zero-order valence-electron chi connectivity index (χ0n) is 15.0. The highest BCUT2D eigenvalue weighted by Gasteiger charge is 2.63. The largest absolute Gasteiger partial charge is 0.274 e. The number of amides is 2. The van der Waals surface area contributed by atoms with Gasteiger partial charge in [-0.25, -0.2) is 14.9 Å². The SMILES string of the molecule is O=C1[C@@H]2[C@H](C(=O)N1c1cc(Cl)cc(Cl)c1)N1CCCN1[C@H]2c1ccc(Cl)cc1Cl. The van der Waals surface area contributed by atoms with Gasteiger partial charge in [0.25, 0.3) is 5.91 Å². The molecule has 3 aliphatic rings. The first-order valence-electron chi connectivity index (χ1n) is 9.19. The fourth-order valence-corrected chi connectivity index (χ4v) is 5.79. The smallest absolute Gasteiger partial charge is 0.253 e. The summed E-state index contributed by atoms with van der Waals surface area (Å²) in [5, 5.41) is 5.85. The Hall–Kier alpha value is -1.34. The molecule has 0 radical (unpaired) electrons. The van der Waals surface area contributed by atoms with Crippen LogP contribution in [-0.2, 0) is 9.59 Å². The lowest BCUT2D eigenvalue weighted by Crippen LogP contribution is -2.44. The Balaban J connectivity index is 1.61. The van der Waals surface area contributed by atoms with E-state index in [-0.39, 0.29) is 17.9 Å². The van der Waals surface area contributed by atoms with Gasteiger partial charge in [-0.1, -0.05) is 52.5 Å². The molecule has 3 fully saturated rings. The second kappa shape index (κ2) is 7.12. The maximum Gasteiger partial charge on any atom is 0.253 e. The lowest BCUT2D eigenvalue weighted by atomic mass is 9.90. The van der Waals surface area contributed by atoms with E-state index in [1.165, 1.54) is 4.90 Å². The van der Waals surface area contributed by atoms with E-state index in [1.807, 2.05) is 11.1 Å². The number of hydrogen-bond donors (Lipinski definition) is 0. The first-order chi connectivity index (χ1) is 13.9.